The molecule has 1 aromatic rings. The van der Waals surface area contributed by atoms with Crippen LogP contribution >= 0.6 is 0 Å². The molecule has 0 unspecified atom stereocenters. The molecule has 0 N–H and O–H groups in total. The summed E-state index contributed by atoms with van der Waals surface area (Å²) in [6.07, 6.45) is -1.88. The highest BCUT2D eigenvalue weighted by atomic mass is 19.4. The third kappa shape index (κ3) is 3.86. The van der Waals surface area contributed by atoms with Crippen LogP contribution in [0.25, 0.3) is 0 Å². The average Bonchev–Trinajstić information content (AvgIpc) is 3.15. The Morgan fingerprint density at radius 2 is 1.86 bits per heavy atom. The van der Waals surface area contributed by atoms with Crippen LogP contribution in [-0.4, -0.2) is 55.2 Å². The number of methoxy groups -OCH3 is 1. The molecule has 4 rings (SSSR count). The predicted molar refractivity (Wildman–Crippen MR) is 98.9 cm³/mol. The minimum Gasteiger partial charge on any atom is -0.497 e. The third-order valence-corrected chi connectivity index (χ3v) is 6.65. The Bertz CT molecular complexity index is 703. The summed E-state index contributed by atoms with van der Waals surface area (Å²) in [5.74, 6) is 1.53. The van der Waals surface area contributed by atoms with Crippen molar-refractivity contribution in [2.75, 3.05) is 33.3 Å². The Balaban J connectivity index is 1.53. The maximum absolute atomic E-state index is 13.0. The van der Waals surface area contributed by atoms with E-state index in [9.17, 15) is 18.0 Å². The van der Waals surface area contributed by atoms with Gasteiger partial charge in [0.1, 0.15) is 5.75 Å². The van der Waals surface area contributed by atoms with Crippen molar-refractivity contribution < 1.29 is 22.7 Å². The number of nitrogens with zero attached hydrogens (tertiary/aromatic N) is 2. The van der Waals surface area contributed by atoms with Crippen LogP contribution in [0.4, 0.5) is 13.2 Å². The molecule has 0 aromatic heterocycles. The van der Waals surface area contributed by atoms with Gasteiger partial charge >= 0.3 is 6.18 Å². The molecule has 0 bridgehead atoms. The molecule has 1 aliphatic carbocycles. The fourth-order valence-corrected chi connectivity index (χ4v) is 4.95. The van der Waals surface area contributed by atoms with Gasteiger partial charge in [-0.05, 0) is 36.5 Å². The standard InChI is InChI=1S/C21H27F3N2O2/c1-28-17-7-5-14(6-8-17)19-18-13-25(10-9-21(22,23)24)11-16(18)12-26(19)20(27)15-3-2-4-15/h5-8,15-16,18-19H,2-4,9-13H2,1H3/t16-,18-,19-/m0/s1. The van der Waals surface area contributed by atoms with E-state index in [0.29, 0.717) is 19.6 Å². The van der Waals surface area contributed by atoms with Crippen LogP contribution in [0.1, 0.15) is 37.3 Å². The van der Waals surface area contributed by atoms with Gasteiger partial charge in [0.05, 0.1) is 19.6 Å². The van der Waals surface area contributed by atoms with E-state index >= 15 is 0 Å². The fraction of sp³-hybridized carbons (Fsp3) is 0.667. The second kappa shape index (κ2) is 7.58. The van der Waals surface area contributed by atoms with Crippen LogP contribution in [-0.2, 0) is 4.79 Å². The lowest BCUT2D eigenvalue weighted by Crippen LogP contribution is -2.41. The normalized spacial score (nSPS) is 28.3. The smallest absolute Gasteiger partial charge is 0.390 e. The second-order valence-corrected chi connectivity index (χ2v) is 8.39. The molecule has 0 radical (unpaired) electrons. The number of carbonyl (C=O) groups is 1. The maximum atomic E-state index is 13.0. The lowest BCUT2D eigenvalue weighted by molar-refractivity contribution is -0.140. The highest BCUT2D eigenvalue weighted by molar-refractivity contribution is 5.80. The van der Waals surface area contributed by atoms with E-state index in [2.05, 4.69) is 0 Å². The zero-order chi connectivity index (χ0) is 19.9. The Hall–Kier alpha value is -1.76. The second-order valence-electron chi connectivity index (χ2n) is 8.39. The largest absolute Gasteiger partial charge is 0.497 e. The summed E-state index contributed by atoms with van der Waals surface area (Å²) < 4.78 is 43.1. The number of hydrogen-bond donors (Lipinski definition) is 0. The predicted octanol–water partition coefficient (Wildman–Crippen LogP) is 3.88. The molecule has 4 nitrogen and oxygen atoms in total. The molecule has 2 saturated heterocycles. The Morgan fingerprint density at radius 1 is 1.14 bits per heavy atom. The first-order valence-corrected chi connectivity index (χ1v) is 10.1. The molecule has 1 saturated carbocycles. The van der Waals surface area contributed by atoms with Gasteiger partial charge in [0.15, 0.2) is 0 Å². The minimum atomic E-state index is -4.13. The van der Waals surface area contributed by atoms with Crippen molar-refractivity contribution in [2.24, 2.45) is 17.8 Å². The van der Waals surface area contributed by atoms with Crippen LogP contribution < -0.4 is 4.74 Å². The van der Waals surface area contributed by atoms with E-state index < -0.39 is 12.6 Å². The van der Waals surface area contributed by atoms with Gasteiger partial charge in [-0.2, -0.15) is 13.2 Å². The van der Waals surface area contributed by atoms with Crippen LogP contribution in [0.3, 0.4) is 0 Å². The zero-order valence-corrected chi connectivity index (χ0v) is 16.1. The molecule has 3 atom stereocenters. The summed E-state index contributed by atoms with van der Waals surface area (Å²) in [6, 6.07) is 7.71. The summed E-state index contributed by atoms with van der Waals surface area (Å²) in [5.41, 5.74) is 1.05. The van der Waals surface area contributed by atoms with Crippen molar-refractivity contribution >= 4 is 5.91 Å². The highest BCUT2D eigenvalue weighted by Crippen LogP contribution is 2.47. The minimum absolute atomic E-state index is 0.0441. The molecule has 2 heterocycles. The van der Waals surface area contributed by atoms with Gasteiger partial charge in [-0.1, -0.05) is 18.6 Å². The number of likely N-dealkylation sites (tertiary alicyclic amines) is 2. The quantitative estimate of drug-likeness (QED) is 0.757. The number of halogens is 3. The van der Waals surface area contributed by atoms with Crippen molar-refractivity contribution in [2.45, 2.75) is 37.9 Å². The van der Waals surface area contributed by atoms with E-state index in [0.717, 1.165) is 30.6 Å². The van der Waals surface area contributed by atoms with Crippen molar-refractivity contribution in [3.8, 4) is 5.75 Å². The van der Waals surface area contributed by atoms with E-state index in [1.54, 1.807) is 7.11 Å². The molecule has 28 heavy (non-hydrogen) atoms. The lowest BCUT2D eigenvalue weighted by Gasteiger charge is -2.35. The number of carbonyl (C=O) groups excluding carboxylic acids is 1. The average molecular weight is 396 g/mol. The number of benzene rings is 1. The van der Waals surface area contributed by atoms with Crippen LogP contribution in [0, 0.1) is 17.8 Å². The topological polar surface area (TPSA) is 32.8 Å². The van der Waals surface area contributed by atoms with E-state index in [-0.39, 0.29) is 36.2 Å². The summed E-state index contributed by atoms with van der Waals surface area (Å²) in [5, 5.41) is 0. The van der Waals surface area contributed by atoms with Crippen LogP contribution in [0.2, 0.25) is 0 Å². The molecule has 154 valence electrons. The van der Waals surface area contributed by atoms with Crippen molar-refractivity contribution in [3.63, 3.8) is 0 Å². The van der Waals surface area contributed by atoms with Gasteiger partial charge in [-0.3, -0.25) is 4.79 Å². The molecule has 0 spiro atoms. The number of alkyl halides is 3. The molecule has 1 amide bonds. The molecule has 2 aliphatic heterocycles. The van der Waals surface area contributed by atoms with E-state index in [1.165, 1.54) is 0 Å². The summed E-state index contributed by atoms with van der Waals surface area (Å²) in [4.78, 5) is 17.0. The molecule has 7 heteroatoms. The molecule has 1 aromatic carbocycles. The van der Waals surface area contributed by atoms with Crippen LogP contribution in [0.5, 0.6) is 5.75 Å². The SMILES string of the molecule is COc1ccc([C@H]2[C@H]3CN(CCC(F)(F)F)C[C@H]3CN2C(=O)C2CCC2)cc1. The molecular weight excluding hydrogens is 369 g/mol. The molecular formula is C21H27F3N2O2. The van der Waals surface area contributed by atoms with Crippen molar-refractivity contribution in [1.29, 1.82) is 0 Å². The number of fused-ring (bicyclic) bond motifs is 1. The Kier molecular flexibility index (Phi) is 5.29. The van der Waals surface area contributed by atoms with Crippen molar-refractivity contribution in [1.82, 2.24) is 9.80 Å². The maximum Gasteiger partial charge on any atom is 0.390 e. The van der Waals surface area contributed by atoms with Gasteiger partial charge in [0.2, 0.25) is 5.91 Å². The molecule has 3 fully saturated rings. The monoisotopic (exact) mass is 396 g/mol. The fourth-order valence-electron chi connectivity index (χ4n) is 4.95. The number of ether oxygens (including phenoxy) is 1. The summed E-state index contributed by atoms with van der Waals surface area (Å²) in [7, 11) is 1.61. The van der Waals surface area contributed by atoms with Gasteiger partial charge < -0.3 is 14.5 Å². The highest BCUT2D eigenvalue weighted by Gasteiger charge is 2.50. The van der Waals surface area contributed by atoms with E-state index in [4.69, 9.17) is 4.74 Å². The first kappa shape index (κ1) is 19.6. The van der Waals surface area contributed by atoms with Gasteiger partial charge in [-0.25, -0.2) is 0 Å². The zero-order valence-electron chi connectivity index (χ0n) is 16.1. The summed E-state index contributed by atoms with van der Waals surface area (Å²) in [6.45, 7) is 1.95. The van der Waals surface area contributed by atoms with Gasteiger partial charge in [0, 0.05) is 38.0 Å². The third-order valence-electron chi connectivity index (χ3n) is 6.65. The van der Waals surface area contributed by atoms with E-state index in [1.807, 2.05) is 34.1 Å². The van der Waals surface area contributed by atoms with Gasteiger partial charge in [-0.15, -0.1) is 0 Å². The number of hydrogen-bond acceptors (Lipinski definition) is 3. The Morgan fingerprint density at radius 3 is 2.43 bits per heavy atom. The lowest BCUT2D eigenvalue weighted by atomic mass is 9.83. The summed E-state index contributed by atoms with van der Waals surface area (Å²) >= 11 is 0. The first-order chi connectivity index (χ1) is 13.4. The van der Waals surface area contributed by atoms with Crippen molar-refractivity contribution in [3.05, 3.63) is 29.8 Å². The first-order valence-electron chi connectivity index (χ1n) is 10.1. The molecule has 3 aliphatic rings. The van der Waals surface area contributed by atoms with Gasteiger partial charge in [0.25, 0.3) is 0 Å². The Labute approximate surface area is 163 Å². The van der Waals surface area contributed by atoms with Crippen LogP contribution in [0.15, 0.2) is 24.3 Å². The number of rotatable bonds is 5. The number of amides is 1.